The lowest BCUT2D eigenvalue weighted by molar-refractivity contribution is -0.118. The van der Waals surface area contributed by atoms with Crippen LogP contribution in [0.1, 0.15) is 17.5 Å². The molecule has 0 saturated heterocycles. The van der Waals surface area contributed by atoms with Gasteiger partial charge in [-0.1, -0.05) is 54.6 Å². The summed E-state index contributed by atoms with van der Waals surface area (Å²) in [6.45, 7) is 0.678. The average Bonchev–Trinajstić information content (AvgIpc) is 3.24. The highest BCUT2D eigenvalue weighted by molar-refractivity contribution is 5.77. The SMILES string of the molecule is O=C(CCc1cnn(-c2ccccc2)c1)N=c1ccccn1Cc1ccccc1. The predicted octanol–water partition coefficient (Wildman–Crippen LogP) is 3.78. The summed E-state index contributed by atoms with van der Waals surface area (Å²) in [5, 5.41) is 4.38. The molecule has 0 aliphatic carbocycles. The number of benzene rings is 2. The minimum absolute atomic E-state index is 0.134. The van der Waals surface area contributed by atoms with Gasteiger partial charge in [-0.2, -0.15) is 10.1 Å². The number of nitrogens with zero attached hydrogens (tertiary/aromatic N) is 4. The molecular weight excluding hydrogens is 360 g/mol. The van der Waals surface area contributed by atoms with Crippen molar-refractivity contribution in [2.75, 3.05) is 0 Å². The van der Waals surface area contributed by atoms with Gasteiger partial charge in [-0.25, -0.2) is 4.68 Å². The lowest BCUT2D eigenvalue weighted by Crippen LogP contribution is -2.22. The van der Waals surface area contributed by atoms with E-state index in [0.29, 0.717) is 24.9 Å². The number of aryl methyl sites for hydroxylation is 1. The maximum Gasteiger partial charge on any atom is 0.247 e. The Morgan fingerprint density at radius 2 is 1.59 bits per heavy atom. The molecule has 0 N–H and O–H groups in total. The van der Waals surface area contributed by atoms with Crippen molar-refractivity contribution >= 4 is 5.91 Å². The molecule has 2 heterocycles. The second-order valence-electron chi connectivity index (χ2n) is 6.81. The molecule has 0 aliphatic heterocycles. The normalized spacial score (nSPS) is 11.5. The van der Waals surface area contributed by atoms with Crippen LogP contribution in [0.4, 0.5) is 0 Å². The lowest BCUT2D eigenvalue weighted by Gasteiger charge is -2.07. The minimum atomic E-state index is -0.134. The van der Waals surface area contributed by atoms with Crippen molar-refractivity contribution < 1.29 is 4.79 Å². The smallest absolute Gasteiger partial charge is 0.247 e. The van der Waals surface area contributed by atoms with Gasteiger partial charge in [0, 0.05) is 25.4 Å². The molecule has 0 atom stereocenters. The van der Waals surface area contributed by atoms with Crippen LogP contribution < -0.4 is 5.49 Å². The van der Waals surface area contributed by atoms with E-state index in [-0.39, 0.29) is 5.91 Å². The number of hydrogen-bond acceptors (Lipinski definition) is 2. The Morgan fingerprint density at radius 3 is 2.38 bits per heavy atom. The zero-order valence-corrected chi connectivity index (χ0v) is 16.1. The third kappa shape index (κ3) is 4.96. The maximum absolute atomic E-state index is 12.5. The Hall–Kier alpha value is -3.73. The van der Waals surface area contributed by atoms with E-state index in [9.17, 15) is 4.79 Å². The van der Waals surface area contributed by atoms with E-state index in [1.54, 1.807) is 6.20 Å². The third-order valence-corrected chi connectivity index (χ3v) is 4.64. The Kier molecular flexibility index (Phi) is 5.76. The average molecular weight is 382 g/mol. The largest absolute Gasteiger partial charge is 0.329 e. The van der Waals surface area contributed by atoms with E-state index >= 15 is 0 Å². The maximum atomic E-state index is 12.5. The van der Waals surface area contributed by atoms with E-state index in [4.69, 9.17) is 0 Å². The van der Waals surface area contributed by atoms with Crippen LogP contribution in [0.5, 0.6) is 0 Å². The molecular formula is C24H22N4O. The number of carbonyl (C=O) groups is 1. The van der Waals surface area contributed by atoms with Crippen LogP contribution in [0.3, 0.4) is 0 Å². The Balaban J connectivity index is 1.44. The number of amides is 1. The summed E-state index contributed by atoms with van der Waals surface area (Å²) < 4.78 is 3.81. The van der Waals surface area contributed by atoms with Gasteiger partial charge in [0.05, 0.1) is 11.9 Å². The standard InChI is InChI=1S/C24H22N4O/c29-24(15-14-21-17-25-28(19-21)22-11-5-2-6-12-22)26-23-13-7-8-16-27(23)18-20-9-3-1-4-10-20/h1-13,16-17,19H,14-15,18H2. The highest BCUT2D eigenvalue weighted by atomic mass is 16.1. The van der Waals surface area contributed by atoms with Gasteiger partial charge in [0.25, 0.3) is 0 Å². The molecule has 0 fully saturated rings. The van der Waals surface area contributed by atoms with Gasteiger partial charge >= 0.3 is 0 Å². The first-order valence-corrected chi connectivity index (χ1v) is 9.64. The van der Waals surface area contributed by atoms with Crippen LogP contribution in [0.25, 0.3) is 5.69 Å². The summed E-state index contributed by atoms with van der Waals surface area (Å²) in [6.07, 6.45) is 6.67. The number of carbonyl (C=O) groups excluding carboxylic acids is 1. The van der Waals surface area contributed by atoms with Crippen LogP contribution in [0.2, 0.25) is 0 Å². The van der Waals surface area contributed by atoms with Gasteiger partial charge in [-0.15, -0.1) is 0 Å². The molecule has 144 valence electrons. The van der Waals surface area contributed by atoms with E-state index in [1.165, 1.54) is 5.56 Å². The first kappa shape index (κ1) is 18.6. The molecule has 4 aromatic rings. The number of pyridine rings is 1. The molecule has 29 heavy (non-hydrogen) atoms. The number of rotatable bonds is 6. The van der Waals surface area contributed by atoms with Gasteiger partial charge in [-0.3, -0.25) is 4.79 Å². The summed E-state index contributed by atoms with van der Waals surface area (Å²) >= 11 is 0. The van der Waals surface area contributed by atoms with Crippen LogP contribution in [-0.4, -0.2) is 20.3 Å². The molecule has 1 amide bonds. The fraction of sp³-hybridized carbons (Fsp3) is 0.125. The highest BCUT2D eigenvalue weighted by Gasteiger charge is 2.05. The van der Waals surface area contributed by atoms with Crippen molar-refractivity contribution in [2.24, 2.45) is 4.99 Å². The molecule has 4 rings (SSSR count). The lowest BCUT2D eigenvalue weighted by atomic mass is 10.2. The van der Waals surface area contributed by atoms with Crippen LogP contribution in [-0.2, 0) is 17.8 Å². The van der Waals surface area contributed by atoms with Crippen molar-refractivity contribution in [2.45, 2.75) is 19.4 Å². The quantitative estimate of drug-likeness (QED) is 0.510. The molecule has 2 aromatic carbocycles. The van der Waals surface area contributed by atoms with E-state index in [2.05, 4.69) is 22.2 Å². The van der Waals surface area contributed by atoms with Crippen molar-refractivity contribution in [3.8, 4) is 5.69 Å². The van der Waals surface area contributed by atoms with Gasteiger partial charge in [-0.05, 0) is 41.8 Å². The zero-order valence-electron chi connectivity index (χ0n) is 16.1. The van der Waals surface area contributed by atoms with Crippen LogP contribution in [0, 0.1) is 0 Å². The first-order valence-electron chi connectivity index (χ1n) is 9.64. The Labute approximate surface area is 169 Å². The summed E-state index contributed by atoms with van der Waals surface area (Å²) in [6, 6.07) is 25.8. The van der Waals surface area contributed by atoms with Crippen molar-refractivity contribution in [3.63, 3.8) is 0 Å². The van der Waals surface area contributed by atoms with Gasteiger partial charge in [0.2, 0.25) is 5.91 Å². The number of hydrogen-bond donors (Lipinski definition) is 0. The first-order chi connectivity index (χ1) is 14.3. The molecule has 0 unspecified atom stereocenters. The van der Waals surface area contributed by atoms with E-state index in [0.717, 1.165) is 11.3 Å². The molecule has 5 nitrogen and oxygen atoms in total. The second kappa shape index (κ2) is 8.97. The van der Waals surface area contributed by atoms with Crippen molar-refractivity contribution in [3.05, 3.63) is 114 Å². The van der Waals surface area contributed by atoms with Gasteiger partial charge in [0.1, 0.15) is 5.49 Å². The molecule has 0 aliphatic rings. The van der Waals surface area contributed by atoms with Gasteiger partial charge < -0.3 is 4.57 Å². The fourth-order valence-corrected chi connectivity index (χ4v) is 3.13. The van der Waals surface area contributed by atoms with E-state index < -0.39 is 0 Å². The van der Waals surface area contributed by atoms with Crippen molar-refractivity contribution in [1.29, 1.82) is 0 Å². The third-order valence-electron chi connectivity index (χ3n) is 4.64. The van der Waals surface area contributed by atoms with Crippen molar-refractivity contribution in [1.82, 2.24) is 14.3 Å². The minimum Gasteiger partial charge on any atom is -0.329 e. The number of para-hydroxylation sites is 1. The molecule has 5 heteroatoms. The highest BCUT2D eigenvalue weighted by Crippen LogP contribution is 2.09. The topological polar surface area (TPSA) is 52.2 Å². The summed E-state index contributed by atoms with van der Waals surface area (Å²) in [5.74, 6) is -0.134. The molecule has 2 aromatic heterocycles. The summed E-state index contributed by atoms with van der Waals surface area (Å²) in [5.41, 5.74) is 3.85. The Morgan fingerprint density at radius 1 is 0.862 bits per heavy atom. The number of aromatic nitrogens is 3. The van der Waals surface area contributed by atoms with E-state index in [1.807, 2.05) is 88.4 Å². The molecule has 0 spiro atoms. The van der Waals surface area contributed by atoms with Gasteiger partial charge in [0.15, 0.2) is 0 Å². The zero-order chi connectivity index (χ0) is 19.9. The molecule has 0 bridgehead atoms. The fourth-order valence-electron chi connectivity index (χ4n) is 3.13. The summed E-state index contributed by atoms with van der Waals surface area (Å²) in [4.78, 5) is 16.8. The molecule has 0 radical (unpaired) electrons. The Bertz CT molecular complexity index is 1140. The molecule has 0 saturated carbocycles. The van der Waals surface area contributed by atoms with Crippen LogP contribution in [0.15, 0.2) is 102 Å². The second-order valence-corrected chi connectivity index (χ2v) is 6.81. The summed E-state index contributed by atoms with van der Waals surface area (Å²) in [7, 11) is 0. The van der Waals surface area contributed by atoms with Crippen LogP contribution >= 0.6 is 0 Å². The monoisotopic (exact) mass is 382 g/mol. The predicted molar refractivity (Wildman–Crippen MR) is 112 cm³/mol.